The molecule has 94 valence electrons. The van der Waals surface area contributed by atoms with Crippen LogP contribution >= 0.6 is 0 Å². The predicted octanol–water partition coefficient (Wildman–Crippen LogP) is 1.56. The van der Waals surface area contributed by atoms with Gasteiger partial charge in [0.25, 0.3) is 5.91 Å². The zero-order valence-corrected chi connectivity index (χ0v) is 10.6. The Hall–Kier alpha value is -1.42. The van der Waals surface area contributed by atoms with Gasteiger partial charge in [0.1, 0.15) is 0 Å². The van der Waals surface area contributed by atoms with E-state index in [1.807, 2.05) is 0 Å². The Morgan fingerprint density at radius 3 is 2.47 bits per heavy atom. The number of hydrogen-bond acceptors (Lipinski definition) is 3. The minimum atomic E-state index is -0.129. The molecule has 4 nitrogen and oxygen atoms in total. The molecule has 17 heavy (non-hydrogen) atoms. The fourth-order valence-corrected chi connectivity index (χ4v) is 1.76. The summed E-state index contributed by atoms with van der Waals surface area (Å²) >= 11 is 0. The Kier molecular flexibility index (Phi) is 5.10. The highest BCUT2D eigenvalue weighted by atomic mass is 16.3. The average Bonchev–Trinajstić information content (AvgIpc) is 2.35. The van der Waals surface area contributed by atoms with Gasteiger partial charge in [0, 0.05) is 25.0 Å². The fraction of sp³-hybridized carbons (Fsp3) is 0.538. The number of carbonyl (C=O) groups is 1. The van der Waals surface area contributed by atoms with E-state index in [2.05, 4.69) is 18.8 Å². The Labute approximate surface area is 102 Å². The van der Waals surface area contributed by atoms with Gasteiger partial charge in [0.2, 0.25) is 0 Å². The van der Waals surface area contributed by atoms with Crippen molar-refractivity contribution in [3.05, 3.63) is 30.1 Å². The maximum Gasteiger partial charge on any atom is 0.254 e. The summed E-state index contributed by atoms with van der Waals surface area (Å²) in [5.74, 6) is 0.368. The van der Waals surface area contributed by atoms with Crippen molar-refractivity contribution in [3.63, 3.8) is 0 Å². The van der Waals surface area contributed by atoms with Crippen LogP contribution in [0.3, 0.4) is 0 Å². The van der Waals surface area contributed by atoms with Crippen LogP contribution in [-0.4, -0.2) is 40.6 Å². The molecule has 1 rings (SSSR count). The lowest BCUT2D eigenvalue weighted by atomic mass is 10.0. The summed E-state index contributed by atoms with van der Waals surface area (Å²) in [5, 5.41) is 9.33. The van der Waals surface area contributed by atoms with Crippen molar-refractivity contribution in [2.75, 3.05) is 13.7 Å². The van der Waals surface area contributed by atoms with Crippen molar-refractivity contribution < 1.29 is 9.90 Å². The molecule has 1 N–H and O–H groups in total. The molecular formula is C13H20N2O2. The lowest BCUT2D eigenvalue weighted by molar-refractivity contribution is 0.0630. The smallest absolute Gasteiger partial charge is 0.254 e. The van der Waals surface area contributed by atoms with Crippen LogP contribution in [0, 0.1) is 5.92 Å². The zero-order valence-electron chi connectivity index (χ0n) is 10.6. The number of likely N-dealkylation sites (N-methyl/N-ethyl adjacent to an activating group) is 1. The second-order valence-electron chi connectivity index (χ2n) is 4.62. The maximum atomic E-state index is 12.1. The van der Waals surface area contributed by atoms with Crippen LogP contribution in [0.15, 0.2) is 24.5 Å². The monoisotopic (exact) mass is 236 g/mol. The topological polar surface area (TPSA) is 53.4 Å². The van der Waals surface area contributed by atoms with Gasteiger partial charge in [0.15, 0.2) is 0 Å². The molecule has 1 aromatic rings. The van der Waals surface area contributed by atoms with E-state index < -0.39 is 0 Å². The number of aliphatic hydroxyl groups excluding tert-OH is 1. The molecule has 1 heterocycles. The first-order chi connectivity index (χ1) is 8.06. The Balaban J connectivity index is 2.74. The summed E-state index contributed by atoms with van der Waals surface area (Å²) in [6, 6.07) is 3.24. The van der Waals surface area contributed by atoms with Crippen LogP contribution in [0.2, 0.25) is 0 Å². The molecule has 0 fully saturated rings. The number of hydrogen-bond donors (Lipinski definition) is 1. The Morgan fingerprint density at radius 2 is 2.00 bits per heavy atom. The van der Waals surface area contributed by atoms with E-state index in [1.165, 1.54) is 0 Å². The van der Waals surface area contributed by atoms with E-state index in [-0.39, 0.29) is 18.6 Å². The number of pyridine rings is 1. The second-order valence-corrected chi connectivity index (χ2v) is 4.62. The van der Waals surface area contributed by atoms with Crippen molar-refractivity contribution in [1.82, 2.24) is 9.88 Å². The van der Waals surface area contributed by atoms with Crippen LogP contribution in [-0.2, 0) is 0 Å². The molecule has 0 saturated heterocycles. The van der Waals surface area contributed by atoms with E-state index in [4.69, 9.17) is 0 Å². The summed E-state index contributed by atoms with van der Waals surface area (Å²) in [7, 11) is 1.73. The quantitative estimate of drug-likeness (QED) is 0.844. The summed E-state index contributed by atoms with van der Waals surface area (Å²) in [4.78, 5) is 17.6. The van der Waals surface area contributed by atoms with Crippen LogP contribution < -0.4 is 0 Å². The third-order valence-corrected chi connectivity index (χ3v) is 2.75. The summed E-state index contributed by atoms with van der Waals surface area (Å²) in [6.45, 7) is 4.15. The molecule has 0 spiro atoms. The summed E-state index contributed by atoms with van der Waals surface area (Å²) < 4.78 is 0. The molecule has 0 saturated carbocycles. The minimum Gasteiger partial charge on any atom is -0.394 e. The highest BCUT2D eigenvalue weighted by Gasteiger charge is 2.21. The molecule has 1 unspecified atom stereocenters. The van der Waals surface area contributed by atoms with E-state index in [0.717, 1.165) is 6.42 Å². The predicted molar refractivity (Wildman–Crippen MR) is 66.7 cm³/mol. The lowest BCUT2D eigenvalue weighted by Crippen LogP contribution is -2.40. The van der Waals surface area contributed by atoms with Gasteiger partial charge in [-0.2, -0.15) is 0 Å². The van der Waals surface area contributed by atoms with Gasteiger partial charge in [-0.1, -0.05) is 13.8 Å². The third kappa shape index (κ3) is 3.82. The highest BCUT2D eigenvalue weighted by Crippen LogP contribution is 2.12. The van der Waals surface area contributed by atoms with Gasteiger partial charge in [-0.05, 0) is 24.5 Å². The van der Waals surface area contributed by atoms with Gasteiger partial charge in [-0.15, -0.1) is 0 Å². The third-order valence-electron chi connectivity index (χ3n) is 2.75. The Bertz CT molecular complexity index is 352. The van der Waals surface area contributed by atoms with Crippen LogP contribution in [0.25, 0.3) is 0 Å². The number of carbonyl (C=O) groups excluding carboxylic acids is 1. The summed E-state index contributed by atoms with van der Waals surface area (Å²) in [6.07, 6.45) is 3.98. The Morgan fingerprint density at radius 1 is 1.41 bits per heavy atom. The fourth-order valence-electron chi connectivity index (χ4n) is 1.76. The van der Waals surface area contributed by atoms with Crippen molar-refractivity contribution in [2.45, 2.75) is 26.3 Å². The molecule has 0 aliphatic carbocycles. The standard InChI is InChI=1S/C13H20N2O2/c1-10(2)8-12(9-16)15(3)13(17)11-4-6-14-7-5-11/h4-7,10,12,16H,8-9H2,1-3H3. The van der Waals surface area contributed by atoms with Crippen LogP contribution in [0.4, 0.5) is 0 Å². The number of aromatic nitrogens is 1. The molecule has 4 heteroatoms. The van der Waals surface area contributed by atoms with E-state index in [9.17, 15) is 9.90 Å². The first-order valence-electron chi connectivity index (χ1n) is 5.84. The molecule has 0 aliphatic rings. The highest BCUT2D eigenvalue weighted by molar-refractivity contribution is 5.94. The van der Waals surface area contributed by atoms with Crippen LogP contribution in [0.5, 0.6) is 0 Å². The summed E-state index contributed by atoms with van der Waals surface area (Å²) in [5.41, 5.74) is 0.602. The van der Waals surface area contributed by atoms with E-state index in [1.54, 1.807) is 36.5 Å². The van der Waals surface area contributed by atoms with Crippen LogP contribution in [0.1, 0.15) is 30.6 Å². The molecule has 1 amide bonds. The largest absolute Gasteiger partial charge is 0.394 e. The van der Waals surface area contributed by atoms with Gasteiger partial charge in [-0.25, -0.2) is 0 Å². The van der Waals surface area contributed by atoms with Gasteiger partial charge in [0.05, 0.1) is 12.6 Å². The molecule has 0 aliphatic heterocycles. The van der Waals surface area contributed by atoms with Crippen molar-refractivity contribution in [1.29, 1.82) is 0 Å². The maximum absolute atomic E-state index is 12.1. The van der Waals surface area contributed by atoms with Crippen molar-refractivity contribution >= 4 is 5.91 Å². The number of rotatable bonds is 5. The SMILES string of the molecule is CC(C)CC(CO)N(C)C(=O)c1ccncc1. The molecule has 1 atom stereocenters. The lowest BCUT2D eigenvalue weighted by Gasteiger charge is -2.28. The molecular weight excluding hydrogens is 216 g/mol. The van der Waals surface area contributed by atoms with Gasteiger partial charge in [-0.3, -0.25) is 9.78 Å². The van der Waals surface area contributed by atoms with E-state index in [0.29, 0.717) is 11.5 Å². The number of amides is 1. The first kappa shape index (κ1) is 13.6. The normalized spacial score (nSPS) is 12.5. The van der Waals surface area contributed by atoms with Gasteiger partial charge < -0.3 is 10.0 Å². The van der Waals surface area contributed by atoms with Gasteiger partial charge >= 0.3 is 0 Å². The van der Waals surface area contributed by atoms with Crippen molar-refractivity contribution in [3.8, 4) is 0 Å². The molecule has 0 radical (unpaired) electrons. The average molecular weight is 236 g/mol. The van der Waals surface area contributed by atoms with Crippen molar-refractivity contribution in [2.24, 2.45) is 5.92 Å². The first-order valence-corrected chi connectivity index (χ1v) is 5.84. The molecule has 0 aromatic carbocycles. The molecule has 1 aromatic heterocycles. The number of nitrogens with zero attached hydrogens (tertiary/aromatic N) is 2. The minimum absolute atomic E-state index is 0.00843. The second kappa shape index (κ2) is 6.35. The zero-order chi connectivity index (χ0) is 12.8. The number of aliphatic hydroxyl groups is 1. The molecule has 0 bridgehead atoms. The van der Waals surface area contributed by atoms with E-state index >= 15 is 0 Å².